The molecule has 0 N–H and O–H groups in total. The summed E-state index contributed by atoms with van der Waals surface area (Å²) in [7, 11) is 14.3. The first-order valence-corrected chi connectivity index (χ1v) is 12.3. The largest absolute Gasteiger partial charge is 0.332 e. The molecule has 6 heterocycles. The second-order valence-corrected chi connectivity index (χ2v) is 9.70. The Balaban J connectivity index is 0.000000327. The zero-order valence-corrected chi connectivity index (χ0v) is 32.8. The molecule has 0 saturated heterocycles. The monoisotopic (exact) mass is 966 g/mol. The van der Waals surface area contributed by atoms with Crippen molar-refractivity contribution in [3.05, 3.63) is 81.5 Å². The number of rotatable bonds is 0. The summed E-state index contributed by atoms with van der Waals surface area (Å²) >= 11 is 0. The number of aromatic nitrogens is 12. The number of hydrogen-bond acceptors (Lipinski definition) is 9. The van der Waals surface area contributed by atoms with Gasteiger partial charge in [-0.05, 0) is 0 Å². The molecule has 0 aliphatic heterocycles. The van der Waals surface area contributed by atoms with Crippen LogP contribution in [0.5, 0.6) is 0 Å². The lowest BCUT2D eigenvalue weighted by atomic mass is 10.5. The van der Waals surface area contributed by atoms with Crippen LogP contribution >= 0.6 is 71.9 Å². The van der Waals surface area contributed by atoms with Gasteiger partial charge in [0.25, 0.3) is 16.7 Å². The molecule has 6 aromatic heterocycles. The third-order valence-corrected chi connectivity index (χ3v) is 6.95. The van der Waals surface area contributed by atoms with Crippen LogP contribution in [0.15, 0.2) is 47.7 Å². The van der Waals surface area contributed by atoms with Gasteiger partial charge in [-0.1, -0.05) is 0 Å². The molecule has 0 bridgehead atoms. The van der Waals surface area contributed by atoms with E-state index in [-0.39, 0.29) is 106 Å². The van der Waals surface area contributed by atoms with Gasteiger partial charge in [-0.25, -0.2) is 29.3 Å². The van der Waals surface area contributed by atoms with Crippen molar-refractivity contribution in [1.82, 2.24) is 56.1 Å². The van der Waals surface area contributed by atoms with Crippen molar-refractivity contribution in [2.45, 2.75) is 0 Å². The van der Waals surface area contributed by atoms with Crippen LogP contribution in [0.3, 0.4) is 0 Å². The van der Waals surface area contributed by atoms with Crippen LogP contribution in [0.25, 0.3) is 33.5 Å². The molecule has 45 heavy (non-hydrogen) atoms. The van der Waals surface area contributed by atoms with Crippen LogP contribution in [0.4, 0.5) is 0 Å². The first-order chi connectivity index (χ1) is 19.6. The Morgan fingerprint density at radius 2 is 0.578 bits per heavy atom. The van der Waals surface area contributed by atoms with E-state index in [1.807, 2.05) is 0 Å². The van der Waals surface area contributed by atoms with Crippen LogP contribution < -0.4 is 33.7 Å². The van der Waals surface area contributed by atoms with Crippen molar-refractivity contribution in [3.63, 3.8) is 0 Å². The second-order valence-electron chi connectivity index (χ2n) is 9.70. The summed E-state index contributed by atoms with van der Waals surface area (Å²) in [5.41, 5.74) is 0.540. The molecule has 0 unspecified atom stereocenters. The predicted molar refractivity (Wildman–Crippen MR) is 200 cm³/mol. The van der Waals surface area contributed by atoms with E-state index in [2.05, 4.69) is 15.0 Å². The Morgan fingerprint density at radius 1 is 0.378 bits per heavy atom. The fourth-order valence-corrected chi connectivity index (χ4v) is 4.41. The summed E-state index contributed by atoms with van der Waals surface area (Å²) in [4.78, 5) is 81.5. The van der Waals surface area contributed by atoms with E-state index >= 15 is 0 Å². The Morgan fingerprint density at radius 3 is 0.778 bits per heavy atom. The molecule has 0 radical (unpaired) electrons. The zero-order valence-electron chi connectivity index (χ0n) is 25.8. The summed E-state index contributed by atoms with van der Waals surface area (Å²) in [5.74, 6) is 0. The fourth-order valence-electron chi connectivity index (χ4n) is 4.41. The summed E-state index contributed by atoms with van der Waals surface area (Å²) in [6.07, 6.45) is 4.56. The highest BCUT2D eigenvalue weighted by molar-refractivity contribution is 14.0. The molecule has 0 aliphatic rings. The Hall–Kier alpha value is -3.36. The molecule has 0 saturated carbocycles. The topological polar surface area (TPSA) is 185 Å². The molecule has 6 aromatic rings. The number of halogens is 3. The molecule has 0 amide bonds. The Kier molecular flexibility index (Phi) is 13.1. The van der Waals surface area contributed by atoms with E-state index in [0.29, 0.717) is 33.5 Å². The molecule has 6 rings (SSSR count). The minimum absolute atomic E-state index is 0. The van der Waals surface area contributed by atoms with Crippen molar-refractivity contribution in [1.29, 1.82) is 0 Å². The van der Waals surface area contributed by atoms with Crippen LogP contribution in [-0.2, 0) is 63.4 Å². The van der Waals surface area contributed by atoms with Crippen LogP contribution in [0, 0.1) is 0 Å². The summed E-state index contributed by atoms with van der Waals surface area (Å²) in [6.45, 7) is 0. The molecule has 0 aliphatic carbocycles. The second kappa shape index (κ2) is 14.8. The van der Waals surface area contributed by atoms with Gasteiger partial charge in [0, 0.05) is 63.4 Å². The van der Waals surface area contributed by atoms with Crippen molar-refractivity contribution < 1.29 is 0 Å². The van der Waals surface area contributed by atoms with Crippen LogP contribution in [0.2, 0.25) is 0 Å². The van der Waals surface area contributed by atoms with Gasteiger partial charge >= 0.3 is 17.1 Å². The highest BCUT2D eigenvalue weighted by Crippen LogP contribution is 2.03. The SMILES string of the molecule is Cn1c(=O)c2c(ncn2C)n(C)c1=O.Cn1c(=O)c2c(ncn2C)n(C)c1=O.Cn1c(=O)c2c(ncn2C)n(C)c1=O.I.I.I. The highest BCUT2D eigenvalue weighted by Gasteiger charge is 2.13. The molecule has 0 aromatic carbocycles. The number of hydrogen-bond donors (Lipinski definition) is 0. The van der Waals surface area contributed by atoms with E-state index in [9.17, 15) is 28.8 Å². The number of fused-ring (bicyclic) bond motifs is 3. The van der Waals surface area contributed by atoms with E-state index in [1.165, 1.54) is 53.8 Å². The Labute approximate surface area is 304 Å². The molecule has 246 valence electrons. The van der Waals surface area contributed by atoms with E-state index in [4.69, 9.17) is 0 Å². The molecular weight excluding hydrogens is 933 g/mol. The average molecular weight is 966 g/mol. The van der Waals surface area contributed by atoms with Crippen molar-refractivity contribution in [2.24, 2.45) is 63.4 Å². The third kappa shape index (κ3) is 6.63. The van der Waals surface area contributed by atoms with Crippen molar-refractivity contribution in [2.75, 3.05) is 0 Å². The first kappa shape index (κ1) is 39.7. The maximum Gasteiger partial charge on any atom is 0.332 e. The van der Waals surface area contributed by atoms with Crippen LogP contribution in [-0.4, -0.2) is 56.1 Å². The standard InChI is InChI=1S/3C8H10N4O2.3HI/c3*1-10-4-9-6-5(10)7(13)12(3)8(14)11(6)2;;;/h3*4H,1-3H3;3*1H. The molecular formula is C24H33I3N12O6. The van der Waals surface area contributed by atoms with Gasteiger partial charge in [-0.2, -0.15) is 0 Å². The van der Waals surface area contributed by atoms with E-state index < -0.39 is 0 Å². The average Bonchev–Trinajstić information content (AvgIpc) is 3.67. The summed E-state index contributed by atoms with van der Waals surface area (Å²) < 4.78 is 12.1. The quantitative estimate of drug-likeness (QED) is 0.168. The zero-order chi connectivity index (χ0) is 31.4. The normalized spacial score (nSPS) is 10.3. The van der Waals surface area contributed by atoms with Crippen molar-refractivity contribution in [3.8, 4) is 0 Å². The maximum absolute atomic E-state index is 11.7. The molecule has 21 heteroatoms. The lowest BCUT2D eigenvalue weighted by Crippen LogP contribution is -2.37. The lowest BCUT2D eigenvalue weighted by Gasteiger charge is -2.02. The van der Waals surface area contributed by atoms with Crippen molar-refractivity contribution >= 4 is 105 Å². The lowest BCUT2D eigenvalue weighted by molar-refractivity contribution is 0.705. The van der Waals surface area contributed by atoms with Gasteiger partial charge < -0.3 is 13.7 Å². The molecule has 0 spiro atoms. The number of imidazole rings is 3. The molecule has 0 fully saturated rings. The molecule has 0 atom stereocenters. The van der Waals surface area contributed by atoms with Gasteiger partial charge in [0.2, 0.25) is 0 Å². The predicted octanol–water partition coefficient (Wildman–Crippen LogP) is -1.23. The van der Waals surface area contributed by atoms with Crippen LogP contribution in [0.1, 0.15) is 0 Å². The fraction of sp³-hybridized carbons (Fsp3) is 0.375. The van der Waals surface area contributed by atoms with Gasteiger partial charge in [-0.15, -0.1) is 71.9 Å². The minimum atomic E-state index is -0.360. The first-order valence-electron chi connectivity index (χ1n) is 12.3. The number of aryl methyl sites for hydroxylation is 6. The van der Waals surface area contributed by atoms with E-state index in [0.717, 1.165) is 13.7 Å². The third-order valence-electron chi connectivity index (χ3n) is 6.95. The smallest absolute Gasteiger partial charge is 0.328 e. The highest BCUT2D eigenvalue weighted by atomic mass is 127. The minimum Gasteiger partial charge on any atom is -0.328 e. The number of nitrogens with zero attached hydrogens (tertiary/aromatic N) is 12. The van der Waals surface area contributed by atoms with Gasteiger partial charge in [-0.3, -0.25) is 41.8 Å². The van der Waals surface area contributed by atoms with Gasteiger partial charge in [0.15, 0.2) is 33.5 Å². The maximum atomic E-state index is 11.7. The summed E-state index contributed by atoms with van der Waals surface area (Å²) in [6, 6.07) is 0. The summed E-state index contributed by atoms with van der Waals surface area (Å²) in [5, 5.41) is 0. The molecule has 18 nitrogen and oxygen atoms in total. The van der Waals surface area contributed by atoms with E-state index in [1.54, 1.807) is 56.0 Å². The van der Waals surface area contributed by atoms with Gasteiger partial charge in [0.1, 0.15) is 0 Å². The van der Waals surface area contributed by atoms with Gasteiger partial charge in [0.05, 0.1) is 19.0 Å². The Bertz CT molecular complexity index is 2130.